The summed E-state index contributed by atoms with van der Waals surface area (Å²) in [6, 6.07) is 1.15. The maximum absolute atomic E-state index is 13.0. The van der Waals surface area contributed by atoms with Crippen molar-refractivity contribution in [2.75, 3.05) is 6.61 Å². The van der Waals surface area contributed by atoms with E-state index in [1.54, 1.807) is 6.92 Å². The first kappa shape index (κ1) is 22.3. The lowest BCUT2D eigenvalue weighted by Gasteiger charge is -2.13. The van der Waals surface area contributed by atoms with Crippen LogP contribution in [-0.2, 0) is 10.9 Å². The molecule has 0 saturated heterocycles. The lowest BCUT2D eigenvalue weighted by Crippen LogP contribution is -2.19. The van der Waals surface area contributed by atoms with Crippen LogP contribution in [0.15, 0.2) is 17.1 Å². The van der Waals surface area contributed by atoms with E-state index in [1.165, 1.54) is 0 Å². The van der Waals surface area contributed by atoms with Crippen LogP contribution in [0.2, 0.25) is 10.0 Å². The van der Waals surface area contributed by atoms with E-state index in [-0.39, 0.29) is 12.3 Å². The summed E-state index contributed by atoms with van der Waals surface area (Å²) in [5.74, 6) is -3.13. The second kappa shape index (κ2) is 8.16. The molecule has 1 aromatic carbocycles. The van der Waals surface area contributed by atoms with Crippen LogP contribution in [0.5, 0.6) is 0 Å². The number of nitrogens with zero attached hydrogens (tertiary/aromatic N) is 4. The summed E-state index contributed by atoms with van der Waals surface area (Å²) >= 11 is 11.8. The summed E-state index contributed by atoms with van der Waals surface area (Å²) in [4.78, 5) is 7.44. The number of alkyl halides is 6. The highest BCUT2D eigenvalue weighted by molar-refractivity contribution is 6.37. The molecular formula is C15H12Cl2F6N4O. The molecule has 0 fully saturated rings. The molecule has 0 aliphatic rings. The van der Waals surface area contributed by atoms with E-state index < -0.39 is 45.7 Å². The van der Waals surface area contributed by atoms with Gasteiger partial charge in [-0.1, -0.05) is 23.2 Å². The summed E-state index contributed by atoms with van der Waals surface area (Å²) in [5.41, 5.74) is -1.43. The van der Waals surface area contributed by atoms with Crippen molar-refractivity contribution in [2.45, 2.75) is 32.1 Å². The Morgan fingerprint density at radius 2 is 1.75 bits per heavy atom. The Kier molecular flexibility index (Phi) is 6.49. The van der Waals surface area contributed by atoms with Crippen LogP contribution >= 0.6 is 23.2 Å². The van der Waals surface area contributed by atoms with Gasteiger partial charge in [0.25, 0.3) is 5.95 Å². The number of hydrogen-bond acceptors (Lipinski definition) is 4. The summed E-state index contributed by atoms with van der Waals surface area (Å²) in [6.07, 6.45) is -8.46. The minimum atomic E-state index is -4.72. The van der Waals surface area contributed by atoms with Gasteiger partial charge < -0.3 is 4.74 Å². The van der Waals surface area contributed by atoms with Crippen molar-refractivity contribution in [2.24, 2.45) is 4.99 Å². The number of ether oxygens (including phenoxy) is 1. The third kappa shape index (κ3) is 4.88. The van der Waals surface area contributed by atoms with E-state index in [4.69, 9.17) is 27.9 Å². The first-order chi connectivity index (χ1) is 12.9. The quantitative estimate of drug-likeness (QED) is 0.322. The molecule has 5 nitrogen and oxygen atoms in total. The zero-order valence-electron chi connectivity index (χ0n) is 14.2. The zero-order chi connectivity index (χ0) is 21.3. The van der Waals surface area contributed by atoms with Crippen LogP contribution in [-0.4, -0.2) is 33.9 Å². The van der Waals surface area contributed by atoms with Crippen molar-refractivity contribution in [3.8, 4) is 5.69 Å². The molecule has 0 bridgehead atoms. The van der Waals surface area contributed by atoms with Gasteiger partial charge in [0.15, 0.2) is 12.2 Å². The zero-order valence-corrected chi connectivity index (χ0v) is 15.7. The van der Waals surface area contributed by atoms with E-state index in [1.807, 2.05) is 0 Å². The molecule has 1 atom stereocenters. The maximum Gasteiger partial charge on any atom is 0.416 e. The van der Waals surface area contributed by atoms with Gasteiger partial charge in [-0.15, -0.1) is 5.10 Å². The molecule has 0 spiro atoms. The van der Waals surface area contributed by atoms with E-state index in [0.29, 0.717) is 12.1 Å². The van der Waals surface area contributed by atoms with Crippen molar-refractivity contribution in [1.29, 1.82) is 0 Å². The third-order valence-corrected chi connectivity index (χ3v) is 4.03. The standard InChI is InChI=1S/C15H12Cl2F6N4O/c1-3-28-6-24-13-25-12(7(2)14(18,19)20)26-27(13)11-9(16)4-8(5-10(11)17)15(21,22)23/h4-7H,3H2,1-2H3. The largest absolute Gasteiger partial charge is 0.483 e. The van der Waals surface area contributed by atoms with E-state index in [2.05, 4.69) is 15.1 Å². The smallest absolute Gasteiger partial charge is 0.416 e. The maximum atomic E-state index is 13.0. The lowest BCUT2D eigenvalue weighted by molar-refractivity contribution is -0.147. The van der Waals surface area contributed by atoms with Gasteiger partial charge in [0, 0.05) is 0 Å². The van der Waals surface area contributed by atoms with Crippen molar-refractivity contribution >= 4 is 35.6 Å². The van der Waals surface area contributed by atoms with Gasteiger partial charge in [-0.3, -0.25) is 0 Å². The highest BCUT2D eigenvalue weighted by atomic mass is 35.5. The van der Waals surface area contributed by atoms with Gasteiger partial charge in [-0.05, 0) is 26.0 Å². The number of halogens is 8. The van der Waals surface area contributed by atoms with Gasteiger partial charge in [0.1, 0.15) is 11.6 Å². The fraction of sp³-hybridized carbons (Fsp3) is 0.400. The van der Waals surface area contributed by atoms with Gasteiger partial charge >= 0.3 is 12.4 Å². The molecule has 2 rings (SSSR count). The molecule has 1 heterocycles. The Hall–Kier alpha value is -2.01. The fourth-order valence-electron chi connectivity index (χ4n) is 1.97. The Morgan fingerprint density at radius 1 is 1.18 bits per heavy atom. The predicted octanol–water partition coefficient (Wildman–Crippen LogP) is 5.96. The normalized spacial score (nSPS) is 13.9. The van der Waals surface area contributed by atoms with Crippen LogP contribution in [0.1, 0.15) is 31.2 Å². The number of aromatic nitrogens is 3. The highest BCUT2D eigenvalue weighted by Gasteiger charge is 2.40. The van der Waals surface area contributed by atoms with Crippen LogP contribution in [0.25, 0.3) is 5.69 Å². The molecule has 0 saturated carbocycles. The van der Waals surface area contributed by atoms with Crippen LogP contribution in [0, 0.1) is 0 Å². The summed E-state index contributed by atoms with van der Waals surface area (Å²) in [5, 5.41) is 2.71. The molecule has 0 radical (unpaired) electrons. The Balaban J connectivity index is 2.65. The predicted molar refractivity (Wildman–Crippen MR) is 90.6 cm³/mol. The SMILES string of the molecule is CCOC=Nc1nc(C(C)C(F)(F)F)nn1-c1c(Cl)cc(C(F)(F)F)cc1Cl. The fourth-order valence-corrected chi connectivity index (χ4v) is 2.62. The molecule has 2 aromatic rings. The van der Waals surface area contributed by atoms with Crippen molar-refractivity contribution in [3.63, 3.8) is 0 Å². The molecule has 154 valence electrons. The first-order valence-electron chi connectivity index (χ1n) is 7.60. The monoisotopic (exact) mass is 448 g/mol. The second-order valence-corrected chi connectivity index (χ2v) is 6.24. The Labute approximate surface area is 164 Å². The molecule has 28 heavy (non-hydrogen) atoms. The second-order valence-electron chi connectivity index (χ2n) is 5.42. The van der Waals surface area contributed by atoms with Gasteiger partial charge in [-0.2, -0.15) is 41.0 Å². The molecular weight excluding hydrogens is 437 g/mol. The minimum absolute atomic E-state index is 0.214. The average molecular weight is 449 g/mol. The molecule has 1 unspecified atom stereocenters. The molecule has 0 amide bonds. The topological polar surface area (TPSA) is 52.3 Å². The van der Waals surface area contributed by atoms with Gasteiger partial charge in [0.05, 0.1) is 22.2 Å². The van der Waals surface area contributed by atoms with Crippen LogP contribution < -0.4 is 0 Å². The lowest BCUT2D eigenvalue weighted by atomic mass is 10.1. The van der Waals surface area contributed by atoms with Crippen LogP contribution in [0.4, 0.5) is 32.3 Å². The molecule has 0 aliphatic heterocycles. The highest BCUT2D eigenvalue weighted by Crippen LogP contribution is 2.39. The van der Waals surface area contributed by atoms with Crippen molar-refractivity contribution < 1.29 is 31.1 Å². The van der Waals surface area contributed by atoms with E-state index in [9.17, 15) is 26.3 Å². The number of aliphatic imine (C=N–C) groups is 1. The summed E-state index contributed by atoms with van der Waals surface area (Å²) in [7, 11) is 0. The minimum Gasteiger partial charge on any atom is -0.483 e. The van der Waals surface area contributed by atoms with Crippen LogP contribution in [0.3, 0.4) is 0 Å². The van der Waals surface area contributed by atoms with Crippen molar-refractivity contribution in [3.05, 3.63) is 33.6 Å². The third-order valence-electron chi connectivity index (χ3n) is 3.45. The molecule has 0 N–H and O–H groups in total. The number of benzene rings is 1. The first-order valence-corrected chi connectivity index (χ1v) is 8.36. The van der Waals surface area contributed by atoms with Gasteiger partial charge in [-0.25, -0.2) is 0 Å². The molecule has 0 aliphatic carbocycles. The summed E-state index contributed by atoms with van der Waals surface area (Å²) in [6.45, 7) is 2.68. The Morgan fingerprint density at radius 3 is 2.21 bits per heavy atom. The van der Waals surface area contributed by atoms with E-state index in [0.717, 1.165) is 18.0 Å². The molecule has 1 aromatic heterocycles. The average Bonchev–Trinajstić information content (AvgIpc) is 2.95. The molecule has 13 heteroatoms. The van der Waals surface area contributed by atoms with Gasteiger partial charge in [0.2, 0.25) is 0 Å². The number of rotatable bonds is 5. The number of hydrogen-bond donors (Lipinski definition) is 0. The van der Waals surface area contributed by atoms with E-state index >= 15 is 0 Å². The van der Waals surface area contributed by atoms with Crippen molar-refractivity contribution in [1.82, 2.24) is 14.8 Å². The summed E-state index contributed by atoms with van der Waals surface area (Å²) < 4.78 is 83.3. The Bertz CT molecular complexity index is 855.